The average molecular weight is 199 g/mol. The first kappa shape index (κ1) is 11.7. The summed E-state index contributed by atoms with van der Waals surface area (Å²) in [7, 11) is 2.07. The number of piperidine rings is 1. The number of likely N-dealkylation sites (N-methyl/N-ethyl adjacent to an activating group) is 1. The number of hydrogen-bond donors (Lipinski definition) is 0. The van der Waals surface area contributed by atoms with Crippen molar-refractivity contribution in [3.63, 3.8) is 0 Å². The van der Waals surface area contributed by atoms with Crippen LogP contribution in [0.4, 0.5) is 4.39 Å². The molecule has 0 aromatic carbocycles. The molecule has 82 valence electrons. The summed E-state index contributed by atoms with van der Waals surface area (Å²) in [4.78, 5) is 2.22. The molecular weight excluding hydrogens is 177 g/mol. The zero-order chi connectivity index (χ0) is 10.8. The van der Waals surface area contributed by atoms with Crippen LogP contribution in [0.3, 0.4) is 0 Å². The minimum atomic E-state index is 0.263. The topological polar surface area (TPSA) is 3.24 Å². The first-order valence-corrected chi connectivity index (χ1v) is 5.42. The van der Waals surface area contributed by atoms with Crippen molar-refractivity contribution in [2.75, 3.05) is 20.1 Å². The second-order valence-corrected chi connectivity index (χ2v) is 5.53. The summed E-state index contributed by atoms with van der Waals surface area (Å²) in [6.45, 7) is 8.62. The lowest BCUT2D eigenvalue weighted by atomic mass is 9.74. The van der Waals surface area contributed by atoms with E-state index in [-0.39, 0.29) is 5.41 Å². The predicted molar refractivity (Wildman–Crippen MR) is 58.9 cm³/mol. The lowest BCUT2D eigenvalue weighted by Crippen LogP contribution is -2.41. The van der Waals surface area contributed by atoms with E-state index in [1.807, 2.05) is 0 Å². The van der Waals surface area contributed by atoms with Gasteiger partial charge in [0.15, 0.2) is 0 Å². The highest BCUT2D eigenvalue weighted by Gasteiger charge is 2.32. The van der Waals surface area contributed by atoms with E-state index >= 15 is 0 Å². The number of nitrogens with zero attached hydrogens (tertiary/aromatic N) is 1. The lowest BCUT2D eigenvalue weighted by molar-refractivity contribution is 0.134. The van der Waals surface area contributed by atoms with Crippen molar-refractivity contribution in [3.05, 3.63) is 11.9 Å². The van der Waals surface area contributed by atoms with Crippen LogP contribution in [0.1, 0.15) is 33.6 Å². The molecule has 1 aliphatic heterocycles. The molecule has 1 nitrogen and oxygen atoms in total. The molecule has 0 radical (unpaired) electrons. The molecule has 0 spiro atoms. The maximum atomic E-state index is 12.5. The molecule has 1 rings (SSSR count). The fraction of sp³-hybridized carbons (Fsp3) is 0.833. The highest BCUT2D eigenvalue weighted by molar-refractivity contribution is 5.09. The summed E-state index contributed by atoms with van der Waals surface area (Å²) in [6, 6.07) is 0. The number of hydrogen-bond acceptors (Lipinski definition) is 1. The smallest absolute Gasteiger partial charge is 0.0872 e. The molecule has 0 aromatic heterocycles. The minimum absolute atomic E-state index is 0.263. The molecule has 0 bridgehead atoms. The van der Waals surface area contributed by atoms with Crippen LogP contribution in [0.5, 0.6) is 0 Å². The monoisotopic (exact) mass is 199 g/mol. The van der Waals surface area contributed by atoms with Crippen LogP contribution in [0, 0.1) is 11.3 Å². The zero-order valence-corrected chi connectivity index (χ0v) is 9.81. The zero-order valence-electron chi connectivity index (χ0n) is 9.81. The van der Waals surface area contributed by atoms with Crippen molar-refractivity contribution in [1.29, 1.82) is 0 Å². The van der Waals surface area contributed by atoms with E-state index in [1.54, 1.807) is 0 Å². The van der Waals surface area contributed by atoms with E-state index in [9.17, 15) is 4.39 Å². The second-order valence-electron chi connectivity index (χ2n) is 5.53. The summed E-state index contributed by atoms with van der Waals surface area (Å²) >= 11 is 0. The van der Waals surface area contributed by atoms with Crippen LogP contribution in [-0.4, -0.2) is 25.0 Å². The second kappa shape index (κ2) is 4.43. The highest BCUT2D eigenvalue weighted by Crippen LogP contribution is 2.37. The molecule has 0 amide bonds. The van der Waals surface area contributed by atoms with Crippen molar-refractivity contribution < 1.29 is 4.39 Å². The Kier molecular flexibility index (Phi) is 3.71. The summed E-state index contributed by atoms with van der Waals surface area (Å²) in [5, 5.41) is 0. The molecule has 2 heteroatoms. The number of likely N-dealkylation sites (tertiary alicyclic amines) is 1. The normalized spacial score (nSPS) is 32.9. The molecule has 0 aromatic rings. The Morgan fingerprint density at radius 3 is 2.71 bits per heavy atom. The van der Waals surface area contributed by atoms with Crippen LogP contribution in [0.25, 0.3) is 0 Å². The summed E-state index contributed by atoms with van der Waals surface area (Å²) < 4.78 is 12.5. The highest BCUT2D eigenvalue weighted by atomic mass is 19.1. The Balaban J connectivity index is 2.68. The molecule has 14 heavy (non-hydrogen) atoms. The third-order valence-corrected chi connectivity index (χ3v) is 2.83. The first-order chi connectivity index (χ1) is 6.45. The first-order valence-electron chi connectivity index (χ1n) is 5.42. The fourth-order valence-corrected chi connectivity index (χ4v) is 2.91. The Hall–Kier alpha value is -0.370. The summed E-state index contributed by atoms with van der Waals surface area (Å²) in [5.74, 6) is 0.687. The van der Waals surface area contributed by atoms with E-state index in [2.05, 4.69) is 32.7 Å². The largest absolute Gasteiger partial charge is 0.302 e. The van der Waals surface area contributed by atoms with E-state index in [0.29, 0.717) is 5.92 Å². The molecule has 0 N–H and O–H groups in total. The van der Waals surface area contributed by atoms with Crippen molar-refractivity contribution in [1.82, 2.24) is 4.90 Å². The van der Waals surface area contributed by atoms with Crippen molar-refractivity contribution in [3.8, 4) is 0 Å². The van der Waals surface area contributed by atoms with Gasteiger partial charge in [0.25, 0.3) is 0 Å². The van der Waals surface area contributed by atoms with Gasteiger partial charge < -0.3 is 4.90 Å². The van der Waals surface area contributed by atoms with Crippen LogP contribution in [0.15, 0.2) is 11.9 Å². The number of rotatable bonds is 2. The molecule has 1 atom stereocenters. The van der Waals surface area contributed by atoms with Gasteiger partial charge in [0.2, 0.25) is 0 Å². The van der Waals surface area contributed by atoms with E-state index in [1.165, 1.54) is 6.42 Å². The third-order valence-electron chi connectivity index (χ3n) is 2.83. The van der Waals surface area contributed by atoms with Gasteiger partial charge in [0.1, 0.15) is 0 Å². The van der Waals surface area contributed by atoms with Gasteiger partial charge in [0, 0.05) is 13.1 Å². The maximum Gasteiger partial charge on any atom is 0.0872 e. The Morgan fingerprint density at radius 1 is 1.57 bits per heavy atom. The van der Waals surface area contributed by atoms with Crippen LogP contribution in [0.2, 0.25) is 0 Å². The van der Waals surface area contributed by atoms with Gasteiger partial charge >= 0.3 is 0 Å². The molecule has 0 unspecified atom stereocenters. The van der Waals surface area contributed by atoms with E-state index in [4.69, 9.17) is 0 Å². The minimum Gasteiger partial charge on any atom is -0.302 e. The van der Waals surface area contributed by atoms with E-state index in [0.717, 1.165) is 31.4 Å². The third kappa shape index (κ3) is 3.09. The molecule has 1 fully saturated rings. The van der Waals surface area contributed by atoms with Crippen LogP contribution in [-0.2, 0) is 0 Å². The SMILES string of the molecule is CC(C)C[C@@]1(C)C/C(=C/F)CN(C)C1. The van der Waals surface area contributed by atoms with Gasteiger partial charge in [-0.15, -0.1) is 0 Å². The van der Waals surface area contributed by atoms with Crippen LogP contribution < -0.4 is 0 Å². The van der Waals surface area contributed by atoms with Gasteiger partial charge in [-0.25, -0.2) is 4.39 Å². The van der Waals surface area contributed by atoms with Crippen molar-refractivity contribution >= 4 is 0 Å². The van der Waals surface area contributed by atoms with Gasteiger partial charge in [-0.2, -0.15) is 0 Å². The number of halogens is 1. The Labute approximate surface area is 87.0 Å². The molecular formula is C12H22FN. The lowest BCUT2D eigenvalue weighted by Gasteiger charge is -2.41. The Bertz CT molecular complexity index is 218. The van der Waals surface area contributed by atoms with Gasteiger partial charge in [-0.05, 0) is 36.8 Å². The molecule has 1 heterocycles. The fourth-order valence-electron chi connectivity index (χ4n) is 2.91. The summed E-state index contributed by atoms with van der Waals surface area (Å²) in [5.41, 5.74) is 1.21. The Morgan fingerprint density at radius 2 is 2.21 bits per heavy atom. The summed E-state index contributed by atoms with van der Waals surface area (Å²) in [6.07, 6.45) is 2.90. The van der Waals surface area contributed by atoms with Gasteiger partial charge in [-0.3, -0.25) is 0 Å². The standard InChI is InChI=1S/C12H22FN/c1-10(2)5-12(3)6-11(7-13)8-14(4)9-12/h7,10H,5-6,8-9H2,1-4H3/b11-7-/t12-/m0/s1. The van der Waals surface area contributed by atoms with E-state index < -0.39 is 0 Å². The molecule has 0 saturated carbocycles. The quantitative estimate of drug-likeness (QED) is 0.660. The van der Waals surface area contributed by atoms with Crippen molar-refractivity contribution in [2.45, 2.75) is 33.6 Å². The maximum absolute atomic E-state index is 12.5. The molecule has 1 saturated heterocycles. The molecule has 1 aliphatic rings. The predicted octanol–water partition coefficient (Wildman–Crippen LogP) is 3.23. The van der Waals surface area contributed by atoms with Gasteiger partial charge in [-0.1, -0.05) is 20.8 Å². The van der Waals surface area contributed by atoms with Crippen molar-refractivity contribution in [2.24, 2.45) is 11.3 Å². The van der Waals surface area contributed by atoms with Gasteiger partial charge in [0.05, 0.1) is 6.33 Å². The average Bonchev–Trinajstić information content (AvgIpc) is 1.99. The molecule has 0 aliphatic carbocycles. The van der Waals surface area contributed by atoms with Crippen LogP contribution >= 0.6 is 0 Å².